The lowest BCUT2D eigenvalue weighted by Crippen LogP contribution is -2.45. The molecule has 0 saturated heterocycles. The summed E-state index contributed by atoms with van der Waals surface area (Å²) in [7, 11) is 0. The summed E-state index contributed by atoms with van der Waals surface area (Å²) >= 11 is 0. The average Bonchev–Trinajstić information content (AvgIpc) is 2.96. The maximum absolute atomic E-state index is 12.9. The Morgan fingerprint density at radius 3 is 2.33 bits per heavy atom. The van der Waals surface area contributed by atoms with E-state index in [1.54, 1.807) is 13.8 Å². The number of ketones is 1. The standard InChI is InChI=1S/C23H27N3O4/c1-12(2)20(21(28)19-13(3)22(29)26-23(19)30)25-18(27)11-17(24)16-9-8-14-6-4-5-7-15(14)10-16/h4-10,12,17,20,26,29-30H,11,24H2,1-3H3,(H,25,27)/t17?,20-/m0/s1. The van der Waals surface area contributed by atoms with E-state index in [1.165, 1.54) is 6.92 Å². The largest absolute Gasteiger partial charge is 0.494 e. The van der Waals surface area contributed by atoms with Gasteiger partial charge in [-0.15, -0.1) is 0 Å². The quantitative estimate of drug-likeness (QED) is 0.383. The molecule has 0 fully saturated rings. The van der Waals surface area contributed by atoms with Crippen LogP contribution in [-0.4, -0.2) is 32.9 Å². The van der Waals surface area contributed by atoms with Gasteiger partial charge in [0.05, 0.1) is 11.6 Å². The van der Waals surface area contributed by atoms with E-state index in [1.807, 2.05) is 42.5 Å². The van der Waals surface area contributed by atoms with Gasteiger partial charge in [0.15, 0.2) is 11.7 Å². The van der Waals surface area contributed by atoms with Crippen molar-refractivity contribution in [3.05, 3.63) is 59.2 Å². The van der Waals surface area contributed by atoms with Gasteiger partial charge in [0, 0.05) is 18.0 Å². The highest BCUT2D eigenvalue weighted by Crippen LogP contribution is 2.30. The second kappa shape index (κ2) is 8.59. The molecule has 1 aromatic heterocycles. The molecule has 1 amide bonds. The van der Waals surface area contributed by atoms with Crippen LogP contribution in [0.1, 0.15) is 47.8 Å². The fourth-order valence-corrected chi connectivity index (χ4v) is 3.54. The molecule has 7 nitrogen and oxygen atoms in total. The third kappa shape index (κ3) is 4.31. The van der Waals surface area contributed by atoms with E-state index in [0.717, 1.165) is 16.3 Å². The predicted molar refractivity (Wildman–Crippen MR) is 115 cm³/mol. The Morgan fingerprint density at radius 1 is 1.07 bits per heavy atom. The number of fused-ring (bicyclic) bond motifs is 1. The monoisotopic (exact) mass is 409 g/mol. The molecule has 2 aromatic carbocycles. The summed E-state index contributed by atoms with van der Waals surface area (Å²) in [5.41, 5.74) is 7.31. The number of aromatic amines is 1. The predicted octanol–water partition coefficient (Wildman–Crippen LogP) is 3.30. The average molecular weight is 409 g/mol. The molecule has 158 valence electrons. The van der Waals surface area contributed by atoms with Crippen molar-refractivity contribution in [1.82, 2.24) is 10.3 Å². The van der Waals surface area contributed by atoms with E-state index in [9.17, 15) is 19.8 Å². The summed E-state index contributed by atoms with van der Waals surface area (Å²) in [6, 6.07) is 12.3. The molecule has 30 heavy (non-hydrogen) atoms. The highest BCUT2D eigenvalue weighted by molar-refractivity contribution is 6.05. The van der Waals surface area contributed by atoms with Crippen molar-refractivity contribution in [1.29, 1.82) is 0 Å². The van der Waals surface area contributed by atoms with Gasteiger partial charge in [0.2, 0.25) is 11.8 Å². The molecule has 0 aliphatic heterocycles. The molecule has 0 saturated carbocycles. The SMILES string of the molecule is Cc1c(O)[nH]c(O)c1C(=O)[C@@H](NC(=O)CC(N)c1ccc2ccccc2c1)C(C)C. The van der Waals surface area contributed by atoms with Gasteiger partial charge in [-0.3, -0.25) is 14.6 Å². The van der Waals surface area contributed by atoms with Crippen LogP contribution in [0.3, 0.4) is 0 Å². The zero-order valence-corrected chi connectivity index (χ0v) is 17.3. The van der Waals surface area contributed by atoms with E-state index in [2.05, 4.69) is 10.3 Å². The number of hydrogen-bond donors (Lipinski definition) is 5. The van der Waals surface area contributed by atoms with Crippen molar-refractivity contribution in [2.24, 2.45) is 11.7 Å². The van der Waals surface area contributed by atoms with Crippen LogP contribution in [0, 0.1) is 12.8 Å². The van der Waals surface area contributed by atoms with Crippen molar-refractivity contribution in [2.45, 2.75) is 39.3 Å². The first-order valence-electron chi connectivity index (χ1n) is 9.87. The Hall–Kier alpha value is -3.32. The Bertz CT molecular complexity index is 1090. The summed E-state index contributed by atoms with van der Waals surface area (Å²) in [6.07, 6.45) is 0.0121. The minimum Gasteiger partial charge on any atom is -0.494 e. The number of amides is 1. The van der Waals surface area contributed by atoms with Crippen LogP contribution in [0.5, 0.6) is 11.8 Å². The van der Waals surface area contributed by atoms with Gasteiger partial charge in [0.1, 0.15) is 0 Å². The van der Waals surface area contributed by atoms with Gasteiger partial charge in [-0.1, -0.05) is 50.2 Å². The second-order valence-electron chi connectivity index (χ2n) is 7.89. The maximum atomic E-state index is 12.9. The summed E-state index contributed by atoms with van der Waals surface area (Å²) < 4.78 is 0. The molecule has 6 N–H and O–H groups in total. The summed E-state index contributed by atoms with van der Waals surface area (Å²) in [5.74, 6) is -1.75. The first-order chi connectivity index (χ1) is 14.2. The molecule has 0 aliphatic carbocycles. The molecule has 1 unspecified atom stereocenters. The molecule has 2 atom stereocenters. The fourth-order valence-electron chi connectivity index (χ4n) is 3.54. The van der Waals surface area contributed by atoms with Gasteiger partial charge in [-0.2, -0.15) is 0 Å². The fraction of sp³-hybridized carbons (Fsp3) is 0.304. The lowest BCUT2D eigenvalue weighted by molar-refractivity contribution is -0.122. The smallest absolute Gasteiger partial charge is 0.222 e. The third-order valence-corrected chi connectivity index (χ3v) is 5.32. The number of hydrogen-bond acceptors (Lipinski definition) is 5. The van der Waals surface area contributed by atoms with Crippen molar-refractivity contribution >= 4 is 22.5 Å². The molecule has 0 spiro atoms. The van der Waals surface area contributed by atoms with E-state index < -0.39 is 23.7 Å². The van der Waals surface area contributed by atoms with Gasteiger partial charge >= 0.3 is 0 Å². The molecule has 0 radical (unpaired) electrons. The van der Waals surface area contributed by atoms with Crippen LogP contribution < -0.4 is 11.1 Å². The van der Waals surface area contributed by atoms with Crippen LogP contribution >= 0.6 is 0 Å². The zero-order chi connectivity index (χ0) is 22.0. The number of carbonyl (C=O) groups excluding carboxylic acids is 2. The number of aromatic nitrogens is 1. The Labute approximate surface area is 174 Å². The summed E-state index contributed by atoms with van der Waals surface area (Å²) in [6.45, 7) is 5.11. The zero-order valence-electron chi connectivity index (χ0n) is 17.3. The van der Waals surface area contributed by atoms with Crippen LogP contribution in [0.25, 0.3) is 10.8 Å². The molecule has 0 aliphatic rings. The van der Waals surface area contributed by atoms with Crippen LogP contribution in [0.2, 0.25) is 0 Å². The first-order valence-corrected chi connectivity index (χ1v) is 9.87. The van der Waals surface area contributed by atoms with Gasteiger partial charge in [-0.05, 0) is 35.2 Å². The van der Waals surface area contributed by atoms with Gasteiger partial charge < -0.3 is 21.3 Å². The number of aromatic hydroxyl groups is 2. The van der Waals surface area contributed by atoms with Gasteiger partial charge in [-0.25, -0.2) is 0 Å². The summed E-state index contributed by atoms with van der Waals surface area (Å²) in [4.78, 5) is 27.9. The van der Waals surface area contributed by atoms with Crippen LogP contribution in [0.15, 0.2) is 42.5 Å². The number of H-pyrrole nitrogens is 1. The molecule has 1 heterocycles. The van der Waals surface area contributed by atoms with Gasteiger partial charge in [0.25, 0.3) is 0 Å². The van der Waals surface area contributed by atoms with E-state index in [-0.39, 0.29) is 35.3 Å². The second-order valence-corrected chi connectivity index (χ2v) is 7.89. The number of benzene rings is 2. The Balaban J connectivity index is 1.73. The van der Waals surface area contributed by atoms with Crippen molar-refractivity contribution in [3.63, 3.8) is 0 Å². The van der Waals surface area contributed by atoms with E-state index in [0.29, 0.717) is 0 Å². The maximum Gasteiger partial charge on any atom is 0.222 e. The highest BCUT2D eigenvalue weighted by Gasteiger charge is 2.31. The summed E-state index contributed by atoms with van der Waals surface area (Å²) in [5, 5.41) is 24.6. The topological polar surface area (TPSA) is 128 Å². The minimum atomic E-state index is -0.860. The van der Waals surface area contributed by atoms with E-state index in [4.69, 9.17) is 5.73 Å². The Morgan fingerprint density at radius 2 is 1.73 bits per heavy atom. The molecule has 3 aromatic rings. The van der Waals surface area contributed by atoms with E-state index >= 15 is 0 Å². The number of carbonyl (C=O) groups is 2. The lowest BCUT2D eigenvalue weighted by Gasteiger charge is -2.22. The molecule has 3 rings (SSSR count). The number of rotatable bonds is 7. The highest BCUT2D eigenvalue weighted by atomic mass is 16.3. The van der Waals surface area contributed by atoms with Crippen LogP contribution in [-0.2, 0) is 4.79 Å². The third-order valence-electron chi connectivity index (χ3n) is 5.32. The normalized spacial score (nSPS) is 13.4. The molecule has 7 heteroatoms. The minimum absolute atomic E-state index is 0.0121. The van der Waals surface area contributed by atoms with Crippen molar-refractivity contribution in [2.75, 3.05) is 0 Å². The Kier molecular flexibility index (Phi) is 6.12. The number of Topliss-reactive ketones (excluding diaryl/α,β-unsaturated/α-hetero) is 1. The van der Waals surface area contributed by atoms with Crippen LogP contribution in [0.4, 0.5) is 0 Å². The van der Waals surface area contributed by atoms with Crippen molar-refractivity contribution in [3.8, 4) is 11.8 Å². The molecule has 0 bridgehead atoms. The number of nitrogens with one attached hydrogen (secondary N) is 2. The lowest BCUT2D eigenvalue weighted by atomic mass is 9.93. The first kappa shape index (κ1) is 21.4. The molecular weight excluding hydrogens is 382 g/mol. The van der Waals surface area contributed by atoms with Crippen molar-refractivity contribution < 1.29 is 19.8 Å². The molecular formula is C23H27N3O4. The number of nitrogens with two attached hydrogens (primary N) is 1.